The van der Waals surface area contributed by atoms with E-state index >= 15 is 0 Å². The highest BCUT2D eigenvalue weighted by atomic mass is 32.1. The van der Waals surface area contributed by atoms with Crippen molar-refractivity contribution < 1.29 is 4.79 Å². The molecule has 3 aromatic rings. The highest BCUT2D eigenvalue weighted by Gasteiger charge is 2.19. The van der Waals surface area contributed by atoms with Crippen molar-refractivity contribution >= 4 is 17.2 Å². The van der Waals surface area contributed by atoms with Crippen molar-refractivity contribution in [3.8, 4) is 21.7 Å². The van der Waals surface area contributed by atoms with Crippen LogP contribution in [0.2, 0.25) is 0 Å². The number of thiazole rings is 1. The molecule has 2 aromatic heterocycles. The van der Waals surface area contributed by atoms with Crippen LogP contribution in [0.3, 0.4) is 0 Å². The van der Waals surface area contributed by atoms with E-state index in [1.165, 1.54) is 0 Å². The van der Waals surface area contributed by atoms with Gasteiger partial charge in [-0.2, -0.15) is 0 Å². The number of benzene rings is 1. The fourth-order valence-corrected chi connectivity index (χ4v) is 3.57. The number of amides is 1. The molecular formula is C18H17N3OS. The first-order valence-corrected chi connectivity index (χ1v) is 8.14. The van der Waals surface area contributed by atoms with E-state index in [4.69, 9.17) is 5.73 Å². The lowest BCUT2D eigenvalue weighted by Gasteiger charge is -2.11. The van der Waals surface area contributed by atoms with Gasteiger partial charge in [-0.15, -0.1) is 11.3 Å². The summed E-state index contributed by atoms with van der Waals surface area (Å²) in [6.45, 7) is 5.91. The second-order valence-electron chi connectivity index (χ2n) is 5.53. The minimum absolute atomic E-state index is 0.440. The molecule has 0 saturated carbocycles. The van der Waals surface area contributed by atoms with E-state index in [9.17, 15) is 4.79 Å². The van der Waals surface area contributed by atoms with E-state index in [2.05, 4.69) is 9.97 Å². The molecule has 23 heavy (non-hydrogen) atoms. The quantitative estimate of drug-likeness (QED) is 0.795. The van der Waals surface area contributed by atoms with Crippen LogP contribution in [-0.2, 0) is 0 Å². The number of rotatable bonds is 3. The summed E-state index contributed by atoms with van der Waals surface area (Å²) in [5.41, 5.74) is 13.4. The molecule has 0 atom stereocenters. The van der Waals surface area contributed by atoms with Crippen LogP contribution in [0, 0.1) is 20.8 Å². The van der Waals surface area contributed by atoms with Crippen molar-refractivity contribution in [2.45, 2.75) is 20.8 Å². The maximum Gasteiger partial charge on any atom is 0.249 e. The zero-order chi connectivity index (χ0) is 16.6. The maximum atomic E-state index is 11.8. The Labute approximate surface area is 139 Å². The Hall–Kier alpha value is -2.53. The molecule has 1 amide bonds. The molecule has 0 unspecified atom stereocenters. The smallest absolute Gasteiger partial charge is 0.249 e. The fourth-order valence-electron chi connectivity index (χ4n) is 2.78. The Bertz CT molecular complexity index is 879. The van der Waals surface area contributed by atoms with E-state index in [0.717, 1.165) is 38.6 Å². The molecule has 0 aliphatic heterocycles. The third-order valence-electron chi connectivity index (χ3n) is 3.69. The number of carbonyl (C=O) groups excluding carboxylic acids is 1. The third kappa shape index (κ3) is 2.87. The lowest BCUT2D eigenvalue weighted by Crippen LogP contribution is -2.13. The summed E-state index contributed by atoms with van der Waals surface area (Å²) in [6, 6.07) is 9.62. The minimum Gasteiger partial charge on any atom is -0.366 e. The predicted molar refractivity (Wildman–Crippen MR) is 93.5 cm³/mol. The molecule has 0 fully saturated rings. The molecule has 0 spiro atoms. The lowest BCUT2D eigenvalue weighted by atomic mass is 9.96. The highest BCUT2D eigenvalue weighted by Crippen LogP contribution is 2.38. The number of nitrogens with zero attached hydrogens (tertiary/aromatic N) is 2. The SMILES string of the molecule is Cc1cc(-c2scnc2-c2c(C)cccc2C(N)=O)cc(C)n1. The van der Waals surface area contributed by atoms with Gasteiger partial charge < -0.3 is 5.73 Å². The van der Waals surface area contributed by atoms with Crippen LogP contribution in [0.4, 0.5) is 0 Å². The van der Waals surface area contributed by atoms with Crippen molar-refractivity contribution in [1.29, 1.82) is 0 Å². The molecule has 0 bridgehead atoms. The van der Waals surface area contributed by atoms with Gasteiger partial charge in [0.1, 0.15) is 0 Å². The van der Waals surface area contributed by atoms with Gasteiger partial charge in [-0.25, -0.2) is 4.98 Å². The number of pyridine rings is 1. The van der Waals surface area contributed by atoms with Crippen molar-refractivity contribution in [2.75, 3.05) is 0 Å². The van der Waals surface area contributed by atoms with Gasteiger partial charge in [-0.1, -0.05) is 12.1 Å². The average molecular weight is 323 g/mol. The molecule has 5 heteroatoms. The van der Waals surface area contributed by atoms with Crippen LogP contribution < -0.4 is 5.73 Å². The molecule has 1 aromatic carbocycles. The minimum atomic E-state index is -0.440. The van der Waals surface area contributed by atoms with Crippen LogP contribution >= 0.6 is 11.3 Å². The number of carbonyl (C=O) groups is 1. The summed E-state index contributed by atoms with van der Waals surface area (Å²) < 4.78 is 0. The lowest BCUT2D eigenvalue weighted by molar-refractivity contribution is 0.100. The number of primary amides is 1. The van der Waals surface area contributed by atoms with Crippen molar-refractivity contribution in [2.24, 2.45) is 5.73 Å². The topological polar surface area (TPSA) is 68.9 Å². The molecular weight excluding hydrogens is 306 g/mol. The highest BCUT2D eigenvalue weighted by molar-refractivity contribution is 7.13. The van der Waals surface area contributed by atoms with E-state index in [1.54, 1.807) is 22.9 Å². The van der Waals surface area contributed by atoms with Gasteiger partial charge in [0, 0.05) is 22.5 Å². The van der Waals surface area contributed by atoms with Gasteiger partial charge in [-0.3, -0.25) is 9.78 Å². The molecule has 3 rings (SSSR count). The first kappa shape index (κ1) is 15.4. The summed E-state index contributed by atoms with van der Waals surface area (Å²) in [5, 5.41) is 0. The predicted octanol–water partition coefficient (Wildman–Crippen LogP) is 3.90. The van der Waals surface area contributed by atoms with Crippen LogP contribution in [0.25, 0.3) is 21.7 Å². The summed E-state index contributed by atoms with van der Waals surface area (Å²) in [6.07, 6.45) is 0. The average Bonchev–Trinajstić information content (AvgIpc) is 2.94. The molecule has 2 heterocycles. The van der Waals surface area contributed by atoms with Gasteiger partial charge in [0.05, 0.1) is 16.1 Å². The van der Waals surface area contributed by atoms with E-state index in [0.29, 0.717) is 5.56 Å². The van der Waals surface area contributed by atoms with Gasteiger partial charge in [0.15, 0.2) is 0 Å². The van der Waals surface area contributed by atoms with Gasteiger partial charge in [0.2, 0.25) is 5.91 Å². The first-order valence-electron chi connectivity index (χ1n) is 7.26. The van der Waals surface area contributed by atoms with Crippen molar-refractivity contribution in [3.63, 3.8) is 0 Å². The normalized spacial score (nSPS) is 10.7. The van der Waals surface area contributed by atoms with Crippen molar-refractivity contribution in [3.05, 3.63) is 58.4 Å². The summed E-state index contributed by atoms with van der Waals surface area (Å²) in [5.74, 6) is -0.440. The van der Waals surface area contributed by atoms with Crippen LogP contribution in [0.1, 0.15) is 27.3 Å². The zero-order valence-corrected chi connectivity index (χ0v) is 14.1. The van der Waals surface area contributed by atoms with Gasteiger partial charge in [0.25, 0.3) is 0 Å². The number of hydrogen-bond acceptors (Lipinski definition) is 4. The monoisotopic (exact) mass is 323 g/mol. The zero-order valence-electron chi connectivity index (χ0n) is 13.3. The third-order valence-corrected chi connectivity index (χ3v) is 4.56. The molecule has 4 nitrogen and oxygen atoms in total. The van der Waals surface area contributed by atoms with E-state index in [-0.39, 0.29) is 0 Å². The largest absolute Gasteiger partial charge is 0.366 e. The molecule has 0 saturated heterocycles. The summed E-state index contributed by atoms with van der Waals surface area (Å²) in [4.78, 5) is 21.8. The summed E-state index contributed by atoms with van der Waals surface area (Å²) in [7, 11) is 0. The number of aromatic nitrogens is 2. The van der Waals surface area contributed by atoms with E-state index in [1.807, 2.05) is 45.0 Å². The molecule has 2 N–H and O–H groups in total. The van der Waals surface area contributed by atoms with Crippen molar-refractivity contribution in [1.82, 2.24) is 9.97 Å². The maximum absolute atomic E-state index is 11.8. The fraction of sp³-hybridized carbons (Fsp3) is 0.167. The van der Waals surface area contributed by atoms with Gasteiger partial charge in [-0.05, 0) is 50.1 Å². The Morgan fingerprint density at radius 2 is 1.83 bits per heavy atom. The molecule has 0 aliphatic carbocycles. The molecule has 0 aliphatic rings. The number of hydrogen-bond donors (Lipinski definition) is 1. The Kier molecular flexibility index (Phi) is 3.96. The van der Waals surface area contributed by atoms with Crippen LogP contribution in [0.5, 0.6) is 0 Å². The second kappa shape index (κ2) is 5.93. The summed E-state index contributed by atoms with van der Waals surface area (Å²) >= 11 is 1.55. The van der Waals surface area contributed by atoms with Crippen LogP contribution in [-0.4, -0.2) is 15.9 Å². The number of aryl methyl sites for hydroxylation is 3. The Morgan fingerprint density at radius 1 is 1.13 bits per heavy atom. The Balaban J connectivity index is 2.26. The molecule has 0 radical (unpaired) electrons. The number of nitrogens with two attached hydrogens (primary N) is 1. The van der Waals surface area contributed by atoms with E-state index < -0.39 is 5.91 Å². The first-order chi connectivity index (χ1) is 11.0. The second-order valence-corrected chi connectivity index (χ2v) is 6.39. The Morgan fingerprint density at radius 3 is 2.48 bits per heavy atom. The standard InChI is InChI=1S/C18H17N3OS/c1-10-5-4-6-14(18(19)22)15(10)16-17(23-9-20-16)13-7-11(2)21-12(3)8-13/h4-9H,1-3H3,(H2,19,22). The molecule has 116 valence electrons. The van der Waals surface area contributed by atoms with Gasteiger partial charge >= 0.3 is 0 Å². The van der Waals surface area contributed by atoms with Crippen LogP contribution in [0.15, 0.2) is 35.8 Å².